The predicted octanol–water partition coefficient (Wildman–Crippen LogP) is 7.12. The Morgan fingerprint density at radius 2 is 0.988 bits per heavy atom. The third-order valence-electron chi connectivity index (χ3n) is 12.7. The zero-order valence-electron chi connectivity index (χ0n) is 45.0. The summed E-state index contributed by atoms with van der Waals surface area (Å²) in [5.74, 6) is -4.52. The van der Waals surface area contributed by atoms with Gasteiger partial charge in [-0.25, -0.2) is 19.6 Å². The maximum absolute atomic E-state index is 13.3. The summed E-state index contributed by atoms with van der Waals surface area (Å²) in [5.41, 5.74) is 1.70. The molecule has 6 aromatic rings. The van der Waals surface area contributed by atoms with Crippen molar-refractivity contribution in [1.29, 1.82) is 0 Å². The predicted molar refractivity (Wildman–Crippen MR) is 300 cm³/mol. The molecule has 80 heavy (non-hydrogen) atoms. The van der Waals surface area contributed by atoms with Gasteiger partial charge in [-0.15, -0.1) is 23.2 Å². The maximum atomic E-state index is 13.3. The minimum absolute atomic E-state index is 0.0198. The summed E-state index contributed by atoms with van der Waals surface area (Å²) in [5, 5.41) is 39.6. The lowest BCUT2D eigenvalue weighted by molar-refractivity contribution is -0.123. The van der Waals surface area contributed by atoms with Crippen molar-refractivity contribution in [3.8, 4) is 11.5 Å². The second-order valence-electron chi connectivity index (χ2n) is 21.2. The number of phenols is 2. The number of nitrogens with one attached hydrogen (secondary N) is 6. The van der Waals surface area contributed by atoms with Crippen LogP contribution in [0.25, 0.3) is 21.5 Å². The second kappa shape index (κ2) is 23.0. The topological polar surface area (TPSA) is 310 Å². The average Bonchev–Trinajstić information content (AvgIpc) is 4.25. The van der Waals surface area contributed by atoms with Crippen LogP contribution in [0, 0.1) is 0 Å². The average molecular weight is 1140 g/mol. The van der Waals surface area contributed by atoms with E-state index in [0.29, 0.717) is 44.3 Å². The lowest BCUT2D eigenvalue weighted by atomic mass is 9.95. The first-order valence-electron chi connectivity index (χ1n) is 25.3. The molecule has 26 heteroatoms. The summed E-state index contributed by atoms with van der Waals surface area (Å²) >= 11 is 12.7. The molecule has 8 N–H and O–H groups in total. The number of halogens is 2. The number of aromatic hydroxyl groups is 2. The van der Waals surface area contributed by atoms with Gasteiger partial charge < -0.3 is 60.7 Å². The number of aromatic nitrogens is 4. The second-order valence-corrected chi connectivity index (χ2v) is 21.9. The summed E-state index contributed by atoms with van der Waals surface area (Å²) in [7, 11) is 3.00. The third kappa shape index (κ3) is 12.9. The first kappa shape index (κ1) is 57.5. The van der Waals surface area contributed by atoms with Crippen LogP contribution in [-0.4, -0.2) is 126 Å². The summed E-state index contributed by atoms with van der Waals surface area (Å²) < 4.78 is 13.8. The maximum Gasteiger partial charge on any atom is 0.414 e. The molecule has 0 saturated carbocycles. The van der Waals surface area contributed by atoms with Crippen molar-refractivity contribution in [2.24, 2.45) is 14.1 Å². The lowest BCUT2D eigenvalue weighted by Crippen LogP contribution is -2.40. The normalized spacial score (nSPS) is 14.8. The molecule has 2 aromatic heterocycles. The van der Waals surface area contributed by atoms with Crippen LogP contribution < -0.4 is 41.7 Å². The van der Waals surface area contributed by atoms with E-state index in [-0.39, 0.29) is 84.3 Å². The molecule has 0 bridgehead atoms. The highest BCUT2D eigenvalue weighted by Gasteiger charge is 2.38. The number of amides is 8. The van der Waals surface area contributed by atoms with Crippen LogP contribution in [0.1, 0.15) is 98.6 Å². The smallest absolute Gasteiger partial charge is 0.414 e. The van der Waals surface area contributed by atoms with E-state index >= 15 is 0 Å². The number of rotatable bonds is 15. The van der Waals surface area contributed by atoms with E-state index in [0.717, 1.165) is 11.1 Å². The van der Waals surface area contributed by atoms with Gasteiger partial charge in [-0.2, -0.15) is 0 Å². The van der Waals surface area contributed by atoms with Crippen LogP contribution in [0.2, 0.25) is 0 Å². The number of alkyl halides is 2. The third-order valence-corrected chi connectivity index (χ3v) is 13.5. The molecule has 2 aliphatic rings. The van der Waals surface area contributed by atoms with Crippen LogP contribution in [-0.2, 0) is 42.7 Å². The number of nitrogens with zero attached hydrogens (tertiary/aromatic N) is 6. The number of carbonyl (C=O) groups excluding carboxylic acids is 8. The van der Waals surface area contributed by atoms with Gasteiger partial charge in [-0.1, -0.05) is 12.1 Å². The van der Waals surface area contributed by atoms with E-state index in [4.69, 9.17) is 32.7 Å². The van der Waals surface area contributed by atoms with Crippen LogP contribution in [0.15, 0.2) is 60.9 Å². The van der Waals surface area contributed by atoms with Gasteiger partial charge in [0.2, 0.25) is 35.3 Å². The lowest BCUT2D eigenvalue weighted by Gasteiger charge is -2.25. The number of benzene rings is 4. The Morgan fingerprint density at radius 1 is 0.562 bits per heavy atom. The standard InChI is InChI=1S/C54H60Cl2N12O12/c1-53(2,3)79-51(77)67-23-27(19-55)45-31-11-9-29(15-33(31)37(69)17-35(45)67)59-41(71)13-14-42(72)61-39-25-66(8)48(62-39)50(76)64-40-26-65(7)47(63-40)49(75)58-21-43(73)57-22-44(74)60-30-10-12-32-34(16-30)38(70)18-36-46(32)28(20-56)24-68(36)52(78)80-54(4,5)6/h9-12,15-18,25-28,69-70H,13-14,19-24H2,1-8H3,(H,57,73)(H,58,75)(H,59,71)(H,60,74)(H,61,72)(H,64,76). The molecule has 0 fully saturated rings. The quantitative estimate of drug-likeness (QED) is 0.0475. The minimum Gasteiger partial charge on any atom is -0.507 e. The van der Waals surface area contributed by atoms with Crippen LogP contribution in [0.5, 0.6) is 11.5 Å². The van der Waals surface area contributed by atoms with E-state index in [1.165, 1.54) is 57.6 Å². The first-order chi connectivity index (χ1) is 37.7. The van der Waals surface area contributed by atoms with E-state index in [1.807, 2.05) is 0 Å². The number of imidazole rings is 2. The summed E-state index contributed by atoms with van der Waals surface area (Å²) in [6.07, 6.45) is 1.14. The van der Waals surface area contributed by atoms with Crippen molar-refractivity contribution < 1.29 is 58.0 Å². The van der Waals surface area contributed by atoms with Gasteiger partial charge in [0.15, 0.2) is 11.6 Å². The molecule has 422 valence electrons. The van der Waals surface area contributed by atoms with E-state index in [1.54, 1.807) is 77.9 Å². The van der Waals surface area contributed by atoms with Crippen molar-refractivity contribution in [2.45, 2.75) is 77.4 Å². The Balaban J connectivity index is 0.783. The fraction of sp³-hybridized carbons (Fsp3) is 0.370. The SMILES string of the molecule is Cn1cc(NC(=O)c2nc(NC(=O)CCC(=O)Nc3ccc4c5c(cc(O)c4c3)N(C(=O)OC(C)(C)C)CC5CCl)cn2C)nc1C(=O)NCC(=O)NCC(=O)Nc1ccc2c3c(cc(O)c2c1)N(C(=O)OC(C)(C)C)CC3CCl. The number of fused-ring (bicyclic) bond motifs is 6. The first-order valence-corrected chi connectivity index (χ1v) is 26.3. The van der Waals surface area contributed by atoms with E-state index in [9.17, 15) is 48.6 Å². The fourth-order valence-electron chi connectivity index (χ4n) is 9.33. The molecule has 4 aromatic carbocycles. The largest absolute Gasteiger partial charge is 0.507 e. The molecule has 4 heterocycles. The van der Waals surface area contributed by atoms with Crippen LogP contribution in [0.4, 0.5) is 44.0 Å². The number of ether oxygens (including phenoxy) is 2. The molecule has 2 unspecified atom stereocenters. The number of hydrogen-bond donors (Lipinski definition) is 8. The van der Waals surface area contributed by atoms with Crippen molar-refractivity contribution in [2.75, 3.05) is 69.0 Å². The highest BCUT2D eigenvalue weighted by Crippen LogP contribution is 2.48. The Morgan fingerprint density at radius 3 is 1.45 bits per heavy atom. The van der Waals surface area contributed by atoms with Gasteiger partial charge in [0.25, 0.3) is 11.8 Å². The number of phenolic OH excluding ortho intramolecular Hbond substituents is 2. The van der Waals surface area contributed by atoms with Crippen molar-refractivity contribution >= 4 is 127 Å². The molecule has 24 nitrogen and oxygen atoms in total. The van der Waals surface area contributed by atoms with Crippen LogP contribution in [0.3, 0.4) is 0 Å². The molecule has 0 radical (unpaired) electrons. The van der Waals surface area contributed by atoms with E-state index < -0.39 is 71.9 Å². The molecule has 0 saturated heterocycles. The van der Waals surface area contributed by atoms with Crippen LogP contribution >= 0.6 is 23.2 Å². The molecular formula is C54H60Cl2N12O12. The van der Waals surface area contributed by atoms with Crippen molar-refractivity contribution in [1.82, 2.24) is 29.7 Å². The Labute approximate surface area is 468 Å². The molecule has 8 amide bonds. The summed E-state index contributed by atoms with van der Waals surface area (Å²) in [4.78, 5) is 115. The Hall–Kier alpha value is -8.64. The van der Waals surface area contributed by atoms with Gasteiger partial charge in [-0.05, 0) is 87.7 Å². The molecular weight excluding hydrogens is 1080 g/mol. The molecule has 2 atom stereocenters. The summed E-state index contributed by atoms with van der Waals surface area (Å²) in [6.45, 7) is 10.1. The monoisotopic (exact) mass is 1140 g/mol. The summed E-state index contributed by atoms with van der Waals surface area (Å²) in [6, 6.07) is 12.8. The van der Waals surface area contributed by atoms with Crippen molar-refractivity contribution in [3.63, 3.8) is 0 Å². The molecule has 0 aliphatic carbocycles. The van der Waals surface area contributed by atoms with Gasteiger partial charge in [0, 0.05) is 110 Å². The van der Waals surface area contributed by atoms with Gasteiger partial charge in [0.05, 0.1) is 24.5 Å². The number of aryl methyl sites for hydroxylation is 2. The van der Waals surface area contributed by atoms with E-state index in [2.05, 4.69) is 41.9 Å². The van der Waals surface area contributed by atoms with Gasteiger partial charge in [-0.3, -0.25) is 38.6 Å². The minimum atomic E-state index is -0.772. The Kier molecular flexibility index (Phi) is 16.5. The zero-order valence-corrected chi connectivity index (χ0v) is 46.5. The molecule has 8 rings (SSSR count). The Bertz CT molecular complexity index is 3510. The number of anilines is 6. The fourth-order valence-corrected chi connectivity index (χ4v) is 9.83. The molecule has 2 aliphatic heterocycles. The molecule has 0 spiro atoms. The number of carbonyl (C=O) groups is 8. The van der Waals surface area contributed by atoms with Gasteiger partial charge in [0.1, 0.15) is 22.7 Å². The highest BCUT2D eigenvalue weighted by atomic mass is 35.5. The highest BCUT2D eigenvalue weighted by molar-refractivity contribution is 6.19. The number of hydrogen-bond acceptors (Lipinski definition) is 14. The zero-order chi connectivity index (χ0) is 58.1. The van der Waals surface area contributed by atoms with Gasteiger partial charge >= 0.3 is 12.2 Å². The van der Waals surface area contributed by atoms with Crippen molar-refractivity contribution in [3.05, 3.63) is 83.7 Å².